The van der Waals surface area contributed by atoms with E-state index >= 15 is 0 Å². The Morgan fingerprint density at radius 3 is 2.68 bits per heavy atom. The zero-order valence-electron chi connectivity index (χ0n) is 13.7. The van der Waals surface area contributed by atoms with Crippen molar-refractivity contribution in [2.24, 2.45) is 0 Å². The molecule has 25 heavy (non-hydrogen) atoms. The van der Waals surface area contributed by atoms with E-state index in [9.17, 15) is 9.59 Å². The highest BCUT2D eigenvalue weighted by atomic mass is 16.5. The molecule has 0 saturated carbocycles. The Kier molecular flexibility index (Phi) is 4.19. The minimum absolute atomic E-state index is 0.0303. The summed E-state index contributed by atoms with van der Waals surface area (Å²) in [5, 5.41) is 0. The number of amides is 2. The summed E-state index contributed by atoms with van der Waals surface area (Å²) >= 11 is 0. The van der Waals surface area contributed by atoms with Gasteiger partial charge in [-0.2, -0.15) is 0 Å². The number of hydrogen-bond acceptors (Lipinski definition) is 4. The lowest BCUT2D eigenvalue weighted by Crippen LogP contribution is -2.53. The third kappa shape index (κ3) is 3.13. The first-order valence-electron chi connectivity index (χ1n) is 8.37. The number of rotatable bonds is 3. The number of benzene rings is 1. The fraction of sp³-hybridized carbons (Fsp3) is 0.316. The van der Waals surface area contributed by atoms with E-state index in [1.807, 2.05) is 35.2 Å². The van der Waals surface area contributed by atoms with Crippen LogP contribution in [0.4, 0.5) is 0 Å². The summed E-state index contributed by atoms with van der Waals surface area (Å²) in [5.41, 5.74) is 1.49. The quantitative estimate of drug-likeness (QED) is 0.848. The van der Waals surface area contributed by atoms with Gasteiger partial charge in [-0.3, -0.25) is 14.6 Å². The number of likely N-dealkylation sites (tertiary alicyclic amines) is 1. The van der Waals surface area contributed by atoms with E-state index in [4.69, 9.17) is 4.74 Å². The molecule has 0 aliphatic carbocycles. The molecule has 0 radical (unpaired) electrons. The fourth-order valence-corrected chi connectivity index (χ4v) is 3.47. The van der Waals surface area contributed by atoms with Gasteiger partial charge in [-0.15, -0.1) is 0 Å². The molecule has 0 unspecified atom stereocenters. The number of aromatic nitrogens is 1. The second kappa shape index (κ2) is 6.64. The van der Waals surface area contributed by atoms with Crippen LogP contribution in [-0.2, 0) is 16.1 Å². The van der Waals surface area contributed by atoms with Crippen LogP contribution in [-0.4, -0.2) is 58.4 Å². The van der Waals surface area contributed by atoms with Gasteiger partial charge in [-0.05, 0) is 17.7 Å². The van der Waals surface area contributed by atoms with E-state index in [0.717, 1.165) is 5.56 Å². The number of fused-ring (bicyclic) bond motifs is 1. The predicted octanol–water partition coefficient (Wildman–Crippen LogP) is 1.33. The second-order valence-corrected chi connectivity index (χ2v) is 6.35. The molecule has 2 amide bonds. The van der Waals surface area contributed by atoms with Crippen molar-refractivity contribution in [3.05, 3.63) is 66.0 Å². The molecule has 1 aromatic carbocycles. The van der Waals surface area contributed by atoms with Crippen molar-refractivity contribution in [1.82, 2.24) is 14.8 Å². The molecule has 6 nitrogen and oxygen atoms in total. The Balaban J connectivity index is 1.52. The molecule has 4 rings (SSSR count). The molecule has 3 heterocycles. The monoisotopic (exact) mass is 337 g/mol. The molecule has 0 bridgehead atoms. The Hall–Kier alpha value is -2.73. The average molecular weight is 337 g/mol. The smallest absolute Gasteiger partial charge is 0.272 e. The van der Waals surface area contributed by atoms with E-state index < -0.39 is 0 Å². The average Bonchev–Trinajstić information content (AvgIpc) is 3.10. The van der Waals surface area contributed by atoms with Crippen LogP contribution in [0.5, 0.6) is 0 Å². The summed E-state index contributed by atoms with van der Waals surface area (Å²) < 4.78 is 5.69. The normalized spacial score (nSPS) is 22.8. The largest absolute Gasteiger partial charge is 0.364 e. The van der Waals surface area contributed by atoms with Gasteiger partial charge in [-0.1, -0.05) is 36.4 Å². The fourth-order valence-electron chi connectivity index (χ4n) is 3.47. The predicted molar refractivity (Wildman–Crippen MR) is 90.7 cm³/mol. The SMILES string of the molecule is O=C(c1ccccn1)N1C[C@@H]2[C@@H](C1)OCC(=O)N2Cc1ccccc1. The number of pyridine rings is 1. The van der Waals surface area contributed by atoms with Crippen molar-refractivity contribution in [3.8, 4) is 0 Å². The van der Waals surface area contributed by atoms with Gasteiger partial charge in [-0.25, -0.2) is 0 Å². The van der Waals surface area contributed by atoms with Crippen LogP contribution in [0.15, 0.2) is 54.7 Å². The molecule has 2 fully saturated rings. The molecule has 2 saturated heterocycles. The lowest BCUT2D eigenvalue weighted by molar-refractivity contribution is -0.153. The van der Waals surface area contributed by atoms with Crippen LogP contribution < -0.4 is 0 Å². The molecule has 128 valence electrons. The molecule has 2 aromatic rings. The van der Waals surface area contributed by atoms with Crippen molar-refractivity contribution in [2.75, 3.05) is 19.7 Å². The first-order valence-corrected chi connectivity index (χ1v) is 8.37. The van der Waals surface area contributed by atoms with Crippen molar-refractivity contribution in [3.63, 3.8) is 0 Å². The zero-order valence-corrected chi connectivity index (χ0v) is 13.7. The Morgan fingerprint density at radius 1 is 1.12 bits per heavy atom. The second-order valence-electron chi connectivity index (χ2n) is 6.35. The molecule has 2 atom stereocenters. The maximum atomic E-state index is 12.6. The summed E-state index contributed by atoms with van der Waals surface area (Å²) in [6.07, 6.45) is 1.46. The number of carbonyl (C=O) groups excluding carboxylic acids is 2. The summed E-state index contributed by atoms with van der Waals surface area (Å²) in [5.74, 6) is -0.150. The minimum Gasteiger partial charge on any atom is -0.364 e. The molecule has 0 N–H and O–H groups in total. The molecule has 0 spiro atoms. The number of hydrogen-bond donors (Lipinski definition) is 0. The molecular formula is C19H19N3O3. The van der Waals surface area contributed by atoms with Crippen molar-refractivity contribution in [1.29, 1.82) is 0 Å². The van der Waals surface area contributed by atoms with Crippen LogP contribution in [0, 0.1) is 0 Å². The van der Waals surface area contributed by atoms with Gasteiger partial charge in [0.05, 0.1) is 12.1 Å². The van der Waals surface area contributed by atoms with Gasteiger partial charge in [0, 0.05) is 25.8 Å². The summed E-state index contributed by atoms with van der Waals surface area (Å²) in [7, 11) is 0. The Morgan fingerprint density at radius 2 is 1.92 bits per heavy atom. The van der Waals surface area contributed by atoms with Crippen LogP contribution in [0.1, 0.15) is 16.1 Å². The van der Waals surface area contributed by atoms with Crippen molar-refractivity contribution < 1.29 is 14.3 Å². The highest BCUT2D eigenvalue weighted by Gasteiger charge is 2.44. The first-order chi connectivity index (χ1) is 12.2. The lowest BCUT2D eigenvalue weighted by atomic mass is 10.1. The maximum Gasteiger partial charge on any atom is 0.272 e. The molecule has 6 heteroatoms. The standard InChI is InChI=1S/C19H19N3O3/c23-18-13-25-17-12-21(19(24)15-8-4-5-9-20-15)11-16(17)22(18)10-14-6-2-1-3-7-14/h1-9,16-17H,10-13H2/t16-,17-/m1/s1. The van der Waals surface area contributed by atoms with Gasteiger partial charge in [0.15, 0.2) is 0 Å². The molecule has 1 aromatic heterocycles. The molecule has 2 aliphatic heterocycles. The number of nitrogens with zero attached hydrogens (tertiary/aromatic N) is 3. The minimum atomic E-state index is -0.144. The Bertz CT molecular complexity index is 766. The third-order valence-corrected chi connectivity index (χ3v) is 4.75. The van der Waals surface area contributed by atoms with Gasteiger partial charge >= 0.3 is 0 Å². The summed E-state index contributed by atoms with van der Waals surface area (Å²) in [6.45, 7) is 1.56. The van der Waals surface area contributed by atoms with Gasteiger partial charge in [0.25, 0.3) is 5.91 Å². The lowest BCUT2D eigenvalue weighted by Gasteiger charge is -2.36. The van der Waals surface area contributed by atoms with Gasteiger partial charge in [0.2, 0.25) is 5.91 Å². The topological polar surface area (TPSA) is 62.7 Å². The summed E-state index contributed by atoms with van der Waals surface area (Å²) in [6, 6.07) is 15.1. The van der Waals surface area contributed by atoms with E-state index in [-0.39, 0.29) is 30.6 Å². The number of ether oxygens (including phenoxy) is 1. The maximum absolute atomic E-state index is 12.6. The zero-order chi connectivity index (χ0) is 17.2. The van der Waals surface area contributed by atoms with E-state index in [0.29, 0.717) is 25.3 Å². The molecular weight excluding hydrogens is 318 g/mol. The van der Waals surface area contributed by atoms with Crippen LogP contribution in [0.25, 0.3) is 0 Å². The molecule has 2 aliphatic rings. The highest BCUT2D eigenvalue weighted by molar-refractivity contribution is 5.92. The van der Waals surface area contributed by atoms with Gasteiger partial charge < -0.3 is 14.5 Å². The number of carbonyl (C=O) groups is 2. The first kappa shape index (κ1) is 15.8. The van der Waals surface area contributed by atoms with Crippen molar-refractivity contribution in [2.45, 2.75) is 18.7 Å². The van der Waals surface area contributed by atoms with Crippen LogP contribution in [0.2, 0.25) is 0 Å². The highest BCUT2D eigenvalue weighted by Crippen LogP contribution is 2.26. The Labute approximate surface area is 146 Å². The summed E-state index contributed by atoms with van der Waals surface area (Å²) in [4.78, 5) is 32.7. The van der Waals surface area contributed by atoms with E-state index in [2.05, 4.69) is 4.98 Å². The van der Waals surface area contributed by atoms with Crippen molar-refractivity contribution >= 4 is 11.8 Å². The van der Waals surface area contributed by atoms with E-state index in [1.165, 1.54) is 0 Å². The van der Waals surface area contributed by atoms with E-state index in [1.54, 1.807) is 29.3 Å². The van der Waals surface area contributed by atoms with Gasteiger partial charge in [0.1, 0.15) is 12.3 Å². The number of morpholine rings is 1. The van der Waals surface area contributed by atoms with Crippen LogP contribution in [0.3, 0.4) is 0 Å². The third-order valence-electron chi connectivity index (χ3n) is 4.75. The van der Waals surface area contributed by atoms with Crippen LogP contribution >= 0.6 is 0 Å².